The topological polar surface area (TPSA) is 85.3 Å². The molecular formula is C19H25NO6. The molecule has 0 bridgehead atoms. The van der Waals surface area contributed by atoms with Crippen molar-refractivity contribution in [1.82, 2.24) is 4.90 Å². The van der Waals surface area contributed by atoms with Crippen LogP contribution in [-0.4, -0.2) is 52.7 Å². The minimum Gasteiger partial charge on any atom is -0.478 e. The molecule has 0 aromatic heterocycles. The molecule has 7 nitrogen and oxygen atoms in total. The molecule has 2 saturated heterocycles. The van der Waals surface area contributed by atoms with Crippen molar-refractivity contribution in [3.63, 3.8) is 0 Å². The van der Waals surface area contributed by atoms with Gasteiger partial charge in [-0.2, -0.15) is 0 Å². The summed E-state index contributed by atoms with van der Waals surface area (Å²) in [5, 5.41) is 9.01. The maximum atomic E-state index is 12.6. The number of carbonyl (C=O) groups is 2. The Morgan fingerprint density at radius 3 is 2.50 bits per heavy atom. The van der Waals surface area contributed by atoms with Gasteiger partial charge in [-0.05, 0) is 44.0 Å². The van der Waals surface area contributed by atoms with Crippen molar-refractivity contribution in [3.05, 3.63) is 29.8 Å². The fourth-order valence-corrected chi connectivity index (χ4v) is 3.38. The van der Waals surface area contributed by atoms with E-state index in [4.69, 9.17) is 19.3 Å². The summed E-state index contributed by atoms with van der Waals surface area (Å²) >= 11 is 0. The van der Waals surface area contributed by atoms with Crippen molar-refractivity contribution in [3.8, 4) is 5.75 Å². The average Bonchev–Trinajstić information content (AvgIpc) is 3.00. The summed E-state index contributed by atoms with van der Waals surface area (Å²) in [6.45, 7) is 8.07. The number of carboxylic acids is 1. The zero-order chi connectivity index (χ0) is 19.1. The molecule has 2 aliphatic heterocycles. The predicted molar refractivity (Wildman–Crippen MR) is 92.8 cm³/mol. The number of benzene rings is 1. The summed E-state index contributed by atoms with van der Waals surface area (Å²) in [4.78, 5) is 25.3. The average molecular weight is 363 g/mol. The lowest BCUT2D eigenvalue weighted by molar-refractivity contribution is -0.181. The number of rotatable bonds is 5. The van der Waals surface area contributed by atoms with E-state index in [0.29, 0.717) is 18.7 Å². The van der Waals surface area contributed by atoms with Crippen molar-refractivity contribution in [2.24, 2.45) is 5.92 Å². The highest BCUT2D eigenvalue weighted by Crippen LogP contribution is 2.38. The van der Waals surface area contributed by atoms with Crippen molar-refractivity contribution in [2.45, 2.75) is 58.3 Å². The Morgan fingerprint density at radius 1 is 1.27 bits per heavy atom. The van der Waals surface area contributed by atoms with E-state index < -0.39 is 18.0 Å². The zero-order valence-corrected chi connectivity index (χ0v) is 15.5. The molecule has 1 amide bonds. The molecule has 0 radical (unpaired) electrons. The number of fused-ring (bicyclic) bond motifs is 1. The predicted octanol–water partition coefficient (Wildman–Crippen LogP) is 2.50. The highest BCUT2D eigenvalue weighted by molar-refractivity contribution is 5.87. The Morgan fingerprint density at radius 2 is 1.92 bits per heavy atom. The van der Waals surface area contributed by atoms with Crippen LogP contribution in [0.5, 0.6) is 5.75 Å². The molecule has 26 heavy (non-hydrogen) atoms. The van der Waals surface area contributed by atoms with Crippen molar-refractivity contribution in [2.75, 3.05) is 6.54 Å². The summed E-state index contributed by atoms with van der Waals surface area (Å²) in [6, 6.07) is 6.12. The molecule has 142 valence electrons. The van der Waals surface area contributed by atoms with Crippen molar-refractivity contribution in [1.29, 1.82) is 0 Å². The van der Waals surface area contributed by atoms with E-state index in [0.717, 1.165) is 0 Å². The second-order valence-electron chi connectivity index (χ2n) is 7.62. The van der Waals surface area contributed by atoms with Crippen LogP contribution in [-0.2, 0) is 14.3 Å². The number of nitrogens with zero attached hydrogens (tertiary/aromatic N) is 1. The normalized spacial score (nSPS) is 26.8. The van der Waals surface area contributed by atoms with E-state index >= 15 is 0 Å². The maximum absolute atomic E-state index is 12.6. The van der Waals surface area contributed by atoms with Crippen LogP contribution < -0.4 is 4.74 Å². The van der Waals surface area contributed by atoms with E-state index in [1.165, 1.54) is 12.1 Å². The molecule has 0 aliphatic carbocycles. The lowest BCUT2D eigenvalue weighted by Gasteiger charge is -2.30. The molecule has 3 rings (SSSR count). The van der Waals surface area contributed by atoms with Crippen LogP contribution in [0.4, 0.5) is 0 Å². The highest BCUT2D eigenvalue weighted by Gasteiger charge is 2.55. The minimum absolute atomic E-state index is 0.00781. The van der Waals surface area contributed by atoms with Crippen LogP contribution in [0.2, 0.25) is 0 Å². The Bertz CT molecular complexity index is 684. The molecule has 3 atom stereocenters. The molecule has 0 spiro atoms. The molecule has 2 fully saturated rings. The standard InChI is InChI=1S/C19H25NO6/c1-11(2)9-15(21)20-10-14-16(26-19(3,4)25-14)17(20)24-13-7-5-12(6-8-13)18(22)23/h5-8,11,14,16-17H,9-10H2,1-4H3,(H,22,23)/t14-,16+,17-/m1/s1. The first-order valence-corrected chi connectivity index (χ1v) is 8.81. The van der Waals surface area contributed by atoms with Gasteiger partial charge in [0.15, 0.2) is 5.79 Å². The summed E-state index contributed by atoms with van der Waals surface area (Å²) in [6.07, 6.45) is -0.825. The van der Waals surface area contributed by atoms with Gasteiger partial charge in [0.05, 0.1) is 12.1 Å². The van der Waals surface area contributed by atoms with Crippen molar-refractivity contribution < 1.29 is 28.9 Å². The fourth-order valence-electron chi connectivity index (χ4n) is 3.38. The van der Waals surface area contributed by atoms with E-state index in [2.05, 4.69) is 0 Å². The Kier molecular flexibility index (Phi) is 4.94. The number of carboxylic acid groups (broad SMARTS) is 1. The van der Waals surface area contributed by atoms with Gasteiger partial charge in [0.25, 0.3) is 0 Å². The van der Waals surface area contributed by atoms with Gasteiger partial charge in [-0.25, -0.2) is 4.79 Å². The highest BCUT2D eigenvalue weighted by atomic mass is 16.8. The van der Waals surface area contributed by atoms with Crippen LogP contribution in [0.3, 0.4) is 0 Å². The number of carbonyl (C=O) groups excluding carboxylic acids is 1. The summed E-state index contributed by atoms with van der Waals surface area (Å²) in [5.41, 5.74) is 0.177. The molecule has 1 N–H and O–H groups in total. The molecule has 1 aromatic rings. The maximum Gasteiger partial charge on any atom is 0.335 e. The van der Waals surface area contributed by atoms with E-state index in [1.54, 1.807) is 17.0 Å². The third kappa shape index (κ3) is 3.83. The molecule has 0 unspecified atom stereocenters. The van der Waals surface area contributed by atoms with Gasteiger partial charge in [0, 0.05) is 6.42 Å². The SMILES string of the molecule is CC(C)CC(=O)N1C[C@H]2OC(C)(C)O[C@@H]2[C@H]1Oc1ccc(C(=O)O)cc1. The number of amides is 1. The van der Waals surface area contributed by atoms with Gasteiger partial charge >= 0.3 is 5.97 Å². The first-order valence-electron chi connectivity index (χ1n) is 8.81. The molecule has 2 heterocycles. The van der Waals surface area contributed by atoms with Crippen LogP contribution in [0.25, 0.3) is 0 Å². The van der Waals surface area contributed by atoms with E-state index in [1.807, 2.05) is 27.7 Å². The van der Waals surface area contributed by atoms with Gasteiger partial charge in [-0.15, -0.1) is 0 Å². The minimum atomic E-state index is -1.000. The third-order valence-electron chi connectivity index (χ3n) is 4.45. The first-order chi connectivity index (χ1) is 12.2. The lowest BCUT2D eigenvalue weighted by atomic mass is 10.1. The van der Waals surface area contributed by atoms with Gasteiger partial charge in [-0.1, -0.05) is 13.8 Å². The summed E-state index contributed by atoms with van der Waals surface area (Å²) < 4.78 is 17.9. The molecule has 7 heteroatoms. The third-order valence-corrected chi connectivity index (χ3v) is 4.45. The van der Waals surface area contributed by atoms with E-state index in [-0.39, 0.29) is 29.6 Å². The molecular weight excluding hydrogens is 338 g/mol. The van der Waals surface area contributed by atoms with Gasteiger partial charge in [-0.3, -0.25) is 4.79 Å². The van der Waals surface area contributed by atoms with Gasteiger partial charge in [0.2, 0.25) is 12.1 Å². The summed E-state index contributed by atoms with van der Waals surface area (Å²) in [5.74, 6) is -1.02. The van der Waals surface area contributed by atoms with Gasteiger partial charge < -0.3 is 24.2 Å². The van der Waals surface area contributed by atoms with E-state index in [9.17, 15) is 9.59 Å². The van der Waals surface area contributed by atoms with Crippen LogP contribution in [0.15, 0.2) is 24.3 Å². The Hall–Kier alpha value is -2.12. The quantitative estimate of drug-likeness (QED) is 0.865. The number of hydrogen-bond acceptors (Lipinski definition) is 5. The van der Waals surface area contributed by atoms with Crippen molar-refractivity contribution >= 4 is 11.9 Å². The number of ether oxygens (including phenoxy) is 3. The summed E-state index contributed by atoms with van der Waals surface area (Å²) in [7, 11) is 0. The van der Waals surface area contributed by atoms with Crippen LogP contribution in [0, 0.1) is 5.92 Å². The van der Waals surface area contributed by atoms with Crippen LogP contribution in [0.1, 0.15) is 44.5 Å². The molecule has 2 aliphatic rings. The second kappa shape index (κ2) is 6.89. The number of hydrogen-bond donors (Lipinski definition) is 1. The van der Waals surface area contributed by atoms with Gasteiger partial charge in [0.1, 0.15) is 18.0 Å². The number of likely N-dealkylation sites (tertiary alicyclic amines) is 1. The fraction of sp³-hybridized carbons (Fsp3) is 0.579. The largest absolute Gasteiger partial charge is 0.478 e. The smallest absolute Gasteiger partial charge is 0.335 e. The monoisotopic (exact) mass is 363 g/mol. The second-order valence-corrected chi connectivity index (χ2v) is 7.62. The Balaban J connectivity index is 1.80. The first kappa shape index (κ1) is 18.7. The molecule has 1 aromatic carbocycles. The lowest BCUT2D eigenvalue weighted by Crippen LogP contribution is -2.45. The zero-order valence-electron chi connectivity index (χ0n) is 15.5. The molecule has 0 saturated carbocycles. The Labute approximate surface area is 152 Å². The number of aromatic carboxylic acids is 1. The van der Waals surface area contributed by atoms with Crippen LogP contribution >= 0.6 is 0 Å².